The van der Waals surface area contributed by atoms with Crippen LogP contribution >= 0.6 is 0 Å². The van der Waals surface area contributed by atoms with Gasteiger partial charge in [0.05, 0.1) is 11.8 Å². The van der Waals surface area contributed by atoms with Crippen molar-refractivity contribution in [1.29, 1.82) is 0 Å². The van der Waals surface area contributed by atoms with Gasteiger partial charge in [0.15, 0.2) is 5.78 Å². The van der Waals surface area contributed by atoms with Crippen LogP contribution in [0.15, 0.2) is 12.4 Å². The average Bonchev–Trinajstić information content (AvgIpc) is 2.31. The predicted octanol–water partition coefficient (Wildman–Crippen LogP) is 0.730. The average molecular weight is 181 g/mol. The van der Waals surface area contributed by atoms with Crippen molar-refractivity contribution in [2.45, 2.75) is 25.8 Å². The Morgan fingerprint density at radius 1 is 1.69 bits per heavy atom. The highest BCUT2D eigenvalue weighted by Crippen LogP contribution is 2.09. The Hall–Kier alpha value is -1.16. The zero-order valence-corrected chi connectivity index (χ0v) is 8.24. The lowest BCUT2D eigenvalue weighted by molar-refractivity contribution is 0.0960. The van der Waals surface area contributed by atoms with E-state index >= 15 is 0 Å². The van der Waals surface area contributed by atoms with Gasteiger partial charge < -0.3 is 5.73 Å². The molecule has 2 N–H and O–H groups in total. The number of nitrogens with zero attached hydrogens (tertiary/aromatic N) is 2. The number of carbonyl (C=O) groups is 1. The molecule has 0 bridgehead atoms. The molecular formula is C9H15N3O. The third-order valence-corrected chi connectivity index (χ3v) is 1.64. The molecule has 0 aromatic carbocycles. The van der Waals surface area contributed by atoms with Crippen molar-refractivity contribution in [3.63, 3.8) is 0 Å². The van der Waals surface area contributed by atoms with E-state index < -0.39 is 5.54 Å². The fraction of sp³-hybridized carbons (Fsp3) is 0.556. The molecule has 1 rings (SSSR count). The molecule has 0 radical (unpaired) electrons. The molecule has 0 aliphatic heterocycles. The van der Waals surface area contributed by atoms with Crippen LogP contribution in [0.5, 0.6) is 0 Å². The summed E-state index contributed by atoms with van der Waals surface area (Å²) in [6.07, 6.45) is 3.61. The molecule has 0 amide bonds. The third-order valence-electron chi connectivity index (χ3n) is 1.64. The summed E-state index contributed by atoms with van der Waals surface area (Å²) in [5.74, 6) is 0.0422. The number of nitrogens with two attached hydrogens (primary N) is 1. The van der Waals surface area contributed by atoms with Gasteiger partial charge in [-0.15, -0.1) is 0 Å². The Balaban J connectivity index is 2.70. The lowest BCUT2D eigenvalue weighted by Gasteiger charge is -2.16. The topological polar surface area (TPSA) is 60.9 Å². The molecule has 0 saturated heterocycles. The van der Waals surface area contributed by atoms with Crippen LogP contribution in [0, 0.1) is 0 Å². The second-order valence-corrected chi connectivity index (χ2v) is 3.99. The van der Waals surface area contributed by atoms with Crippen molar-refractivity contribution in [2.24, 2.45) is 12.8 Å². The van der Waals surface area contributed by atoms with Gasteiger partial charge in [0.2, 0.25) is 0 Å². The zero-order valence-electron chi connectivity index (χ0n) is 8.24. The molecular weight excluding hydrogens is 166 g/mol. The van der Waals surface area contributed by atoms with Gasteiger partial charge in [0.25, 0.3) is 0 Å². The minimum atomic E-state index is -0.451. The number of aromatic nitrogens is 2. The highest BCUT2D eigenvalue weighted by atomic mass is 16.1. The summed E-state index contributed by atoms with van der Waals surface area (Å²) in [7, 11) is 1.78. The first kappa shape index (κ1) is 9.92. The van der Waals surface area contributed by atoms with Crippen LogP contribution in [0.25, 0.3) is 0 Å². The van der Waals surface area contributed by atoms with E-state index in [-0.39, 0.29) is 5.78 Å². The van der Waals surface area contributed by atoms with Crippen LogP contribution < -0.4 is 5.73 Å². The predicted molar refractivity (Wildman–Crippen MR) is 50.4 cm³/mol. The molecule has 4 heteroatoms. The second-order valence-electron chi connectivity index (χ2n) is 3.99. The van der Waals surface area contributed by atoms with Crippen LogP contribution in [0.4, 0.5) is 0 Å². The second kappa shape index (κ2) is 3.30. The highest BCUT2D eigenvalue weighted by Gasteiger charge is 2.18. The standard InChI is InChI=1S/C9H15N3O/c1-9(2,10)4-8(13)7-5-11-12(3)6-7/h5-6H,4,10H2,1-3H3. The maximum atomic E-state index is 11.5. The van der Waals surface area contributed by atoms with Crippen molar-refractivity contribution >= 4 is 5.78 Å². The number of hydrogen-bond acceptors (Lipinski definition) is 3. The van der Waals surface area contributed by atoms with Crippen molar-refractivity contribution < 1.29 is 4.79 Å². The summed E-state index contributed by atoms with van der Waals surface area (Å²) >= 11 is 0. The van der Waals surface area contributed by atoms with Crippen LogP contribution in [0.2, 0.25) is 0 Å². The Morgan fingerprint density at radius 2 is 2.31 bits per heavy atom. The van der Waals surface area contributed by atoms with E-state index in [1.165, 1.54) is 0 Å². The monoisotopic (exact) mass is 181 g/mol. The normalized spacial score (nSPS) is 11.7. The van der Waals surface area contributed by atoms with Crippen LogP contribution in [0.3, 0.4) is 0 Å². The number of carbonyl (C=O) groups excluding carboxylic acids is 1. The Labute approximate surface area is 77.7 Å². The molecule has 4 nitrogen and oxygen atoms in total. The Morgan fingerprint density at radius 3 is 2.69 bits per heavy atom. The summed E-state index contributed by atoms with van der Waals surface area (Å²) < 4.78 is 1.61. The summed E-state index contributed by atoms with van der Waals surface area (Å²) in [6.45, 7) is 3.67. The maximum Gasteiger partial charge on any atom is 0.167 e. The van der Waals surface area contributed by atoms with Gasteiger partial charge in [-0.1, -0.05) is 0 Å². The molecule has 0 spiro atoms. The largest absolute Gasteiger partial charge is 0.325 e. The molecule has 1 aromatic rings. The fourth-order valence-electron chi connectivity index (χ4n) is 1.08. The minimum absolute atomic E-state index is 0.0422. The number of hydrogen-bond donors (Lipinski definition) is 1. The van der Waals surface area contributed by atoms with E-state index in [0.717, 1.165) is 0 Å². The number of ketones is 1. The van der Waals surface area contributed by atoms with Crippen LogP contribution in [0.1, 0.15) is 30.6 Å². The van der Waals surface area contributed by atoms with Gasteiger partial charge in [-0.3, -0.25) is 9.48 Å². The van der Waals surface area contributed by atoms with E-state index in [2.05, 4.69) is 5.10 Å². The number of aryl methyl sites for hydroxylation is 1. The third kappa shape index (κ3) is 2.99. The summed E-state index contributed by atoms with van der Waals surface area (Å²) in [6, 6.07) is 0. The molecule has 0 aliphatic rings. The summed E-state index contributed by atoms with van der Waals surface area (Å²) in [5.41, 5.74) is 5.91. The quantitative estimate of drug-likeness (QED) is 0.699. The van der Waals surface area contributed by atoms with Crippen LogP contribution in [-0.2, 0) is 7.05 Å². The Bertz CT molecular complexity index is 309. The number of Topliss-reactive ketones (excluding diaryl/α,β-unsaturated/α-hetero) is 1. The molecule has 0 saturated carbocycles. The van der Waals surface area contributed by atoms with E-state index in [1.54, 1.807) is 24.1 Å². The van der Waals surface area contributed by atoms with E-state index in [1.807, 2.05) is 13.8 Å². The van der Waals surface area contributed by atoms with Crippen molar-refractivity contribution in [3.05, 3.63) is 18.0 Å². The van der Waals surface area contributed by atoms with Gasteiger partial charge in [0, 0.05) is 25.2 Å². The molecule has 1 heterocycles. The fourth-order valence-corrected chi connectivity index (χ4v) is 1.08. The van der Waals surface area contributed by atoms with Crippen molar-refractivity contribution in [1.82, 2.24) is 9.78 Å². The van der Waals surface area contributed by atoms with E-state index in [9.17, 15) is 4.79 Å². The molecule has 1 aromatic heterocycles. The summed E-state index contributed by atoms with van der Waals surface area (Å²) in [4.78, 5) is 11.5. The smallest absolute Gasteiger partial charge is 0.167 e. The van der Waals surface area contributed by atoms with Crippen LogP contribution in [-0.4, -0.2) is 21.1 Å². The van der Waals surface area contributed by atoms with Gasteiger partial charge in [0.1, 0.15) is 0 Å². The van der Waals surface area contributed by atoms with Gasteiger partial charge in [-0.2, -0.15) is 5.10 Å². The first-order valence-corrected chi connectivity index (χ1v) is 4.19. The molecule has 72 valence electrons. The lowest BCUT2D eigenvalue weighted by atomic mass is 9.97. The van der Waals surface area contributed by atoms with E-state index in [0.29, 0.717) is 12.0 Å². The molecule has 13 heavy (non-hydrogen) atoms. The van der Waals surface area contributed by atoms with Crippen molar-refractivity contribution in [3.8, 4) is 0 Å². The zero-order chi connectivity index (χ0) is 10.1. The van der Waals surface area contributed by atoms with Gasteiger partial charge >= 0.3 is 0 Å². The van der Waals surface area contributed by atoms with E-state index in [4.69, 9.17) is 5.73 Å². The van der Waals surface area contributed by atoms with Crippen molar-refractivity contribution in [2.75, 3.05) is 0 Å². The SMILES string of the molecule is Cn1cc(C(=O)CC(C)(C)N)cn1. The molecule has 0 aliphatic carbocycles. The first-order chi connectivity index (χ1) is 5.88. The highest BCUT2D eigenvalue weighted by molar-refractivity contribution is 5.96. The molecule has 0 atom stereocenters. The molecule has 0 fully saturated rings. The molecule has 0 unspecified atom stereocenters. The number of rotatable bonds is 3. The summed E-state index contributed by atoms with van der Waals surface area (Å²) in [5, 5.41) is 3.92. The maximum absolute atomic E-state index is 11.5. The van der Waals surface area contributed by atoms with Gasteiger partial charge in [-0.25, -0.2) is 0 Å². The minimum Gasteiger partial charge on any atom is -0.325 e. The lowest BCUT2D eigenvalue weighted by Crippen LogP contribution is -2.34. The van der Waals surface area contributed by atoms with Gasteiger partial charge in [-0.05, 0) is 13.8 Å². The Kier molecular flexibility index (Phi) is 2.52. The first-order valence-electron chi connectivity index (χ1n) is 4.19.